The molecule has 3 aliphatic rings. The lowest BCUT2D eigenvalue weighted by Crippen LogP contribution is -2.48. The van der Waals surface area contributed by atoms with E-state index in [0.29, 0.717) is 39.3 Å². The van der Waals surface area contributed by atoms with Crippen molar-refractivity contribution < 1.29 is 19.1 Å². The molecule has 0 N–H and O–H groups in total. The van der Waals surface area contributed by atoms with E-state index in [0.717, 1.165) is 18.4 Å². The molecule has 3 saturated heterocycles. The first kappa shape index (κ1) is 17.8. The van der Waals surface area contributed by atoms with Crippen LogP contribution in [0.15, 0.2) is 24.5 Å². The average Bonchev–Trinajstić information content (AvgIpc) is 3.28. The predicted molar refractivity (Wildman–Crippen MR) is 95.4 cm³/mol. The van der Waals surface area contributed by atoms with Crippen molar-refractivity contribution in [2.75, 3.05) is 32.8 Å². The second-order valence-electron chi connectivity index (χ2n) is 7.39. The Bertz CT molecular complexity index is 718. The molecule has 3 fully saturated rings. The maximum Gasteiger partial charge on any atom is 0.410 e. The summed E-state index contributed by atoms with van der Waals surface area (Å²) in [5.41, 5.74) is 1.02. The second-order valence-corrected chi connectivity index (χ2v) is 7.39. The predicted octanol–water partition coefficient (Wildman–Crippen LogP) is 0.873. The van der Waals surface area contributed by atoms with Crippen molar-refractivity contribution in [1.29, 1.82) is 0 Å². The van der Waals surface area contributed by atoms with E-state index in [1.165, 1.54) is 0 Å². The van der Waals surface area contributed by atoms with Crippen molar-refractivity contribution in [2.24, 2.45) is 5.92 Å². The highest BCUT2D eigenvalue weighted by molar-refractivity contribution is 5.89. The summed E-state index contributed by atoms with van der Waals surface area (Å²) >= 11 is 0. The third-order valence-electron chi connectivity index (χ3n) is 5.70. The SMILES string of the molecule is O=C1CC(C(=O)N2CCC(N3CCOC3=O)CC2)CN1Cc1ccncc1. The number of piperidine rings is 1. The Labute approximate surface area is 158 Å². The molecule has 3 aliphatic heterocycles. The van der Waals surface area contributed by atoms with Crippen LogP contribution in [0.2, 0.25) is 0 Å². The van der Waals surface area contributed by atoms with Crippen molar-refractivity contribution in [2.45, 2.75) is 31.8 Å². The van der Waals surface area contributed by atoms with Gasteiger partial charge in [0.2, 0.25) is 11.8 Å². The van der Waals surface area contributed by atoms with Crippen LogP contribution < -0.4 is 0 Å². The van der Waals surface area contributed by atoms with Crippen LogP contribution in [0, 0.1) is 5.92 Å². The van der Waals surface area contributed by atoms with E-state index in [-0.39, 0.29) is 36.3 Å². The van der Waals surface area contributed by atoms with Crippen molar-refractivity contribution in [3.63, 3.8) is 0 Å². The number of carbonyl (C=O) groups excluding carboxylic acids is 3. The summed E-state index contributed by atoms with van der Waals surface area (Å²) in [6.07, 6.45) is 4.98. The molecule has 8 heteroatoms. The molecule has 4 rings (SSSR count). The largest absolute Gasteiger partial charge is 0.448 e. The molecule has 8 nitrogen and oxygen atoms in total. The minimum atomic E-state index is -0.271. The number of ether oxygens (including phenoxy) is 1. The standard InChI is InChI=1S/C19H24N4O4/c24-17-11-15(13-22(17)12-14-1-5-20-6-2-14)18(25)21-7-3-16(4-8-21)23-9-10-27-19(23)26/h1-2,5-6,15-16H,3-4,7-13H2. The van der Waals surface area contributed by atoms with Gasteiger partial charge in [-0.25, -0.2) is 4.79 Å². The van der Waals surface area contributed by atoms with Crippen molar-refractivity contribution in [3.8, 4) is 0 Å². The van der Waals surface area contributed by atoms with Gasteiger partial charge >= 0.3 is 6.09 Å². The van der Waals surface area contributed by atoms with Crippen molar-refractivity contribution in [1.82, 2.24) is 19.7 Å². The van der Waals surface area contributed by atoms with Crippen LogP contribution >= 0.6 is 0 Å². The van der Waals surface area contributed by atoms with Gasteiger partial charge in [-0.1, -0.05) is 0 Å². The topological polar surface area (TPSA) is 83.1 Å². The Morgan fingerprint density at radius 3 is 2.56 bits per heavy atom. The van der Waals surface area contributed by atoms with Gasteiger partial charge in [0.05, 0.1) is 12.5 Å². The van der Waals surface area contributed by atoms with Gasteiger partial charge in [-0.15, -0.1) is 0 Å². The molecule has 1 aromatic rings. The molecule has 0 radical (unpaired) electrons. The van der Waals surface area contributed by atoms with Crippen LogP contribution in [0.5, 0.6) is 0 Å². The van der Waals surface area contributed by atoms with Crippen molar-refractivity contribution in [3.05, 3.63) is 30.1 Å². The molecule has 0 aromatic carbocycles. The minimum absolute atomic E-state index is 0.0276. The van der Waals surface area contributed by atoms with Gasteiger partial charge in [-0.2, -0.15) is 0 Å². The maximum atomic E-state index is 12.9. The number of carbonyl (C=O) groups is 3. The highest BCUT2D eigenvalue weighted by Crippen LogP contribution is 2.25. The zero-order valence-electron chi connectivity index (χ0n) is 15.2. The molecule has 0 aliphatic carbocycles. The third kappa shape index (κ3) is 3.74. The van der Waals surface area contributed by atoms with E-state index in [1.807, 2.05) is 17.0 Å². The fourth-order valence-corrected chi connectivity index (χ4v) is 4.19. The Balaban J connectivity index is 1.30. The lowest BCUT2D eigenvalue weighted by Gasteiger charge is -2.36. The quantitative estimate of drug-likeness (QED) is 0.783. The Hall–Kier alpha value is -2.64. The molecule has 3 amide bonds. The lowest BCUT2D eigenvalue weighted by molar-refractivity contribution is -0.137. The zero-order valence-corrected chi connectivity index (χ0v) is 15.2. The van der Waals surface area contributed by atoms with Gasteiger partial charge in [0.25, 0.3) is 0 Å². The summed E-state index contributed by atoms with van der Waals surface area (Å²) in [6, 6.07) is 3.92. The summed E-state index contributed by atoms with van der Waals surface area (Å²) in [6.45, 7) is 3.33. The van der Waals surface area contributed by atoms with Gasteiger partial charge < -0.3 is 19.4 Å². The van der Waals surface area contributed by atoms with Crippen LogP contribution in [0.25, 0.3) is 0 Å². The lowest BCUT2D eigenvalue weighted by atomic mass is 10.0. The second kappa shape index (κ2) is 7.54. The van der Waals surface area contributed by atoms with Gasteiger partial charge in [0.1, 0.15) is 6.61 Å². The smallest absolute Gasteiger partial charge is 0.410 e. The van der Waals surface area contributed by atoms with Gasteiger partial charge in [-0.05, 0) is 30.5 Å². The first-order valence-electron chi connectivity index (χ1n) is 9.50. The van der Waals surface area contributed by atoms with Gasteiger partial charge in [-0.3, -0.25) is 14.6 Å². The van der Waals surface area contributed by atoms with E-state index in [2.05, 4.69) is 4.98 Å². The molecule has 1 unspecified atom stereocenters. The number of aromatic nitrogens is 1. The van der Waals surface area contributed by atoms with E-state index < -0.39 is 0 Å². The number of nitrogens with zero attached hydrogens (tertiary/aromatic N) is 4. The molecular weight excluding hydrogens is 348 g/mol. The van der Waals surface area contributed by atoms with Crippen LogP contribution in [-0.2, 0) is 20.9 Å². The number of rotatable bonds is 4. The minimum Gasteiger partial charge on any atom is -0.448 e. The molecule has 0 saturated carbocycles. The van der Waals surface area contributed by atoms with Crippen LogP contribution in [-0.4, -0.2) is 76.4 Å². The summed E-state index contributed by atoms with van der Waals surface area (Å²) < 4.78 is 5.01. The number of cyclic esters (lactones) is 1. The summed E-state index contributed by atoms with van der Waals surface area (Å²) in [4.78, 5) is 46.3. The van der Waals surface area contributed by atoms with E-state index >= 15 is 0 Å². The molecule has 4 heterocycles. The van der Waals surface area contributed by atoms with Crippen LogP contribution in [0.3, 0.4) is 0 Å². The zero-order chi connectivity index (χ0) is 18.8. The van der Waals surface area contributed by atoms with Gasteiger partial charge in [0, 0.05) is 51.0 Å². The van der Waals surface area contributed by atoms with E-state index in [9.17, 15) is 14.4 Å². The number of amides is 3. The number of likely N-dealkylation sites (tertiary alicyclic amines) is 2. The highest BCUT2D eigenvalue weighted by atomic mass is 16.6. The highest BCUT2D eigenvalue weighted by Gasteiger charge is 2.39. The first-order chi connectivity index (χ1) is 13.1. The first-order valence-corrected chi connectivity index (χ1v) is 9.50. The molecule has 27 heavy (non-hydrogen) atoms. The molecule has 1 aromatic heterocycles. The maximum absolute atomic E-state index is 12.9. The third-order valence-corrected chi connectivity index (χ3v) is 5.70. The number of pyridine rings is 1. The molecule has 144 valence electrons. The number of hydrogen-bond acceptors (Lipinski definition) is 5. The fourth-order valence-electron chi connectivity index (χ4n) is 4.19. The average molecular weight is 372 g/mol. The number of hydrogen-bond donors (Lipinski definition) is 0. The fraction of sp³-hybridized carbons (Fsp3) is 0.579. The van der Waals surface area contributed by atoms with Gasteiger partial charge in [0.15, 0.2) is 0 Å². The van der Waals surface area contributed by atoms with E-state index in [4.69, 9.17) is 4.74 Å². The molecule has 0 spiro atoms. The van der Waals surface area contributed by atoms with Crippen LogP contribution in [0.1, 0.15) is 24.8 Å². The Kier molecular flexibility index (Phi) is 4.96. The van der Waals surface area contributed by atoms with Crippen molar-refractivity contribution >= 4 is 17.9 Å². The Morgan fingerprint density at radius 2 is 1.89 bits per heavy atom. The molecular formula is C19H24N4O4. The molecule has 0 bridgehead atoms. The Morgan fingerprint density at radius 1 is 1.15 bits per heavy atom. The normalized spacial score (nSPS) is 23.9. The molecule has 1 atom stereocenters. The van der Waals surface area contributed by atoms with Crippen LogP contribution in [0.4, 0.5) is 4.79 Å². The summed E-state index contributed by atoms with van der Waals surface area (Å²) in [7, 11) is 0. The summed E-state index contributed by atoms with van der Waals surface area (Å²) in [5.74, 6) is -0.185. The van der Waals surface area contributed by atoms with E-state index in [1.54, 1.807) is 22.2 Å². The monoisotopic (exact) mass is 372 g/mol. The summed E-state index contributed by atoms with van der Waals surface area (Å²) in [5, 5.41) is 0.